The predicted molar refractivity (Wildman–Crippen MR) is 53.8 cm³/mol. The van der Waals surface area contributed by atoms with Crippen LogP contribution in [0.1, 0.15) is 12.0 Å². The minimum atomic E-state index is -1.17. The van der Waals surface area contributed by atoms with Crippen molar-refractivity contribution in [3.63, 3.8) is 0 Å². The number of hydrogen-bond acceptors (Lipinski definition) is 0. The third-order valence-electron chi connectivity index (χ3n) is 1.61. The van der Waals surface area contributed by atoms with Gasteiger partial charge in [-0.25, -0.2) is 13.2 Å². The zero-order valence-corrected chi connectivity index (χ0v) is 8.82. The fraction of sp³-hybridized carbons (Fsp3) is 0.200. The lowest BCUT2D eigenvalue weighted by Gasteiger charge is -1.98. The maximum atomic E-state index is 13.0. The van der Waals surface area contributed by atoms with E-state index in [0.29, 0.717) is 12.5 Å². The molecule has 1 rings (SSSR count). The zero-order chi connectivity index (χ0) is 10.6. The van der Waals surface area contributed by atoms with E-state index in [1.807, 2.05) is 0 Å². The number of benzene rings is 1. The van der Waals surface area contributed by atoms with Crippen LogP contribution < -0.4 is 0 Å². The Kier molecular flexibility index (Phi) is 4.20. The summed E-state index contributed by atoms with van der Waals surface area (Å²) in [7, 11) is 0. The van der Waals surface area contributed by atoms with E-state index >= 15 is 0 Å². The van der Waals surface area contributed by atoms with Crippen molar-refractivity contribution >= 4 is 22.0 Å². The SMILES string of the molecule is Fc1cc(F)c(C=CCCBr)cc1F. The van der Waals surface area contributed by atoms with E-state index in [1.54, 1.807) is 6.08 Å². The molecule has 0 spiro atoms. The topological polar surface area (TPSA) is 0 Å². The minimum absolute atomic E-state index is 0.0600. The molecule has 0 aliphatic heterocycles. The molecule has 0 aromatic heterocycles. The second-order valence-corrected chi connectivity index (χ2v) is 3.46. The molecule has 0 nitrogen and oxygen atoms in total. The van der Waals surface area contributed by atoms with Gasteiger partial charge in [0.25, 0.3) is 0 Å². The largest absolute Gasteiger partial charge is 0.206 e. The molecule has 0 atom stereocenters. The first kappa shape index (κ1) is 11.3. The minimum Gasteiger partial charge on any atom is -0.206 e. The molecule has 0 fully saturated rings. The van der Waals surface area contributed by atoms with Gasteiger partial charge >= 0.3 is 0 Å². The van der Waals surface area contributed by atoms with Gasteiger partial charge in [-0.05, 0) is 12.5 Å². The van der Waals surface area contributed by atoms with Crippen molar-refractivity contribution in [3.8, 4) is 0 Å². The molecule has 0 radical (unpaired) electrons. The van der Waals surface area contributed by atoms with Crippen LogP contribution in [0.3, 0.4) is 0 Å². The molecule has 0 aliphatic carbocycles. The lowest BCUT2D eigenvalue weighted by molar-refractivity contribution is 0.494. The number of halogens is 4. The zero-order valence-electron chi connectivity index (χ0n) is 7.24. The molecule has 0 bridgehead atoms. The number of hydrogen-bond donors (Lipinski definition) is 0. The summed E-state index contributed by atoms with van der Waals surface area (Å²) in [6, 6.07) is 1.39. The summed E-state index contributed by atoms with van der Waals surface area (Å²) in [6.45, 7) is 0. The fourth-order valence-electron chi connectivity index (χ4n) is 0.939. The average Bonchev–Trinajstić information content (AvgIpc) is 2.14. The van der Waals surface area contributed by atoms with Crippen molar-refractivity contribution in [1.82, 2.24) is 0 Å². The van der Waals surface area contributed by atoms with Gasteiger partial charge in [-0.1, -0.05) is 28.1 Å². The summed E-state index contributed by atoms with van der Waals surface area (Å²) in [4.78, 5) is 0. The van der Waals surface area contributed by atoms with E-state index in [1.165, 1.54) is 6.08 Å². The lowest BCUT2D eigenvalue weighted by Crippen LogP contribution is -1.90. The first-order chi connectivity index (χ1) is 6.65. The third-order valence-corrected chi connectivity index (χ3v) is 2.07. The second kappa shape index (κ2) is 5.20. The molecule has 0 aliphatic rings. The summed E-state index contributed by atoms with van der Waals surface area (Å²) in [5.41, 5.74) is 0.0600. The van der Waals surface area contributed by atoms with Crippen molar-refractivity contribution in [2.45, 2.75) is 6.42 Å². The number of rotatable bonds is 3. The maximum Gasteiger partial charge on any atom is 0.161 e. The summed E-state index contributed by atoms with van der Waals surface area (Å²) < 4.78 is 38.2. The molecule has 4 heteroatoms. The molecule has 0 saturated carbocycles. The average molecular weight is 265 g/mol. The van der Waals surface area contributed by atoms with Gasteiger partial charge in [0.2, 0.25) is 0 Å². The Balaban J connectivity index is 2.92. The molecule has 0 amide bonds. The van der Waals surface area contributed by atoms with Crippen molar-refractivity contribution in [1.29, 1.82) is 0 Å². The Morgan fingerprint density at radius 1 is 1.07 bits per heavy atom. The van der Waals surface area contributed by atoms with Gasteiger partial charge in [0.05, 0.1) is 0 Å². The van der Waals surface area contributed by atoms with E-state index in [-0.39, 0.29) is 5.56 Å². The summed E-state index contributed by atoms with van der Waals surface area (Å²) in [5.74, 6) is -2.96. The van der Waals surface area contributed by atoms with Gasteiger partial charge < -0.3 is 0 Å². The van der Waals surface area contributed by atoms with E-state index in [2.05, 4.69) is 15.9 Å². The van der Waals surface area contributed by atoms with Crippen LogP contribution in [0.25, 0.3) is 6.08 Å². The highest BCUT2D eigenvalue weighted by molar-refractivity contribution is 9.09. The Labute approximate surface area is 88.6 Å². The highest BCUT2D eigenvalue weighted by Crippen LogP contribution is 2.15. The molecule has 0 heterocycles. The van der Waals surface area contributed by atoms with Crippen LogP contribution in [0.4, 0.5) is 13.2 Å². The van der Waals surface area contributed by atoms with Crippen LogP contribution in [-0.2, 0) is 0 Å². The van der Waals surface area contributed by atoms with Crippen molar-refractivity contribution in [3.05, 3.63) is 41.2 Å². The van der Waals surface area contributed by atoms with E-state index in [0.717, 1.165) is 11.4 Å². The first-order valence-electron chi connectivity index (χ1n) is 4.02. The van der Waals surface area contributed by atoms with Gasteiger partial charge in [-0.3, -0.25) is 0 Å². The van der Waals surface area contributed by atoms with Crippen LogP contribution in [0, 0.1) is 17.5 Å². The molecular weight excluding hydrogens is 257 g/mol. The Bertz CT molecular complexity index is 347. The number of alkyl halides is 1. The molecule has 14 heavy (non-hydrogen) atoms. The summed E-state index contributed by atoms with van der Waals surface area (Å²) in [5, 5.41) is 0.745. The van der Waals surface area contributed by atoms with Crippen molar-refractivity contribution in [2.24, 2.45) is 0 Å². The highest BCUT2D eigenvalue weighted by atomic mass is 79.9. The van der Waals surface area contributed by atoms with Crippen molar-refractivity contribution < 1.29 is 13.2 Å². The van der Waals surface area contributed by atoms with Crippen LogP contribution in [0.5, 0.6) is 0 Å². The molecule has 0 N–H and O–H groups in total. The molecule has 1 aromatic rings. The molecule has 76 valence electrons. The van der Waals surface area contributed by atoms with E-state index < -0.39 is 17.5 Å². The van der Waals surface area contributed by atoms with Gasteiger partial charge in [-0.2, -0.15) is 0 Å². The predicted octanol–water partition coefficient (Wildman–Crippen LogP) is 3.90. The van der Waals surface area contributed by atoms with Crippen LogP contribution in [-0.4, -0.2) is 5.33 Å². The van der Waals surface area contributed by atoms with E-state index in [4.69, 9.17) is 0 Å². The Hall–Kier alpha value is -0.770. The molecule has 0 saturated heterocycles. The van der Waals surface area contributed by atoms with Gasteiger partial charge in [-0.15, -0.1) is 0 Å². The summed E-state index contributed by atoms with van der Waals surface area (Å²) >= 11 is 3.19. The Morgan fingerprint density at radius 2 is 1.71 bits per heavy atom. The van der Waals surface area contributed by atoms with Crippen LogP contribution in [0.2, 0.25) is 0 Å². The molecular formula is C10H8BrF3. The quantitative estimate of drug-likeness (QED) is 0.574. The normalized spacial score (nSPS) is 11.1. The smallest absolute Gasteiger partial charge is 0.161 e. The molecule has 0 unspecified atom stereocenters. The van der Waals surface area contributed by atoms with Crippen molar-refractivity contribution in [2.75, 3.05) is 5.33 Å². The molecule has 1 aromatic carbocycles. The first-order valence-corrected chi connectivity index (χ1v) is 5.14. The standard InChI is InChI=1S/C10H8BrF3/c11-4-2-1-3-7-5-9(13)10(14)6-8(7)12/h1,3,5-6H,2,4H2. The fourth-order valence-corrected chi connectivity index (χ4v) is 1.20. The van der Waals surface area contributed by atoms with Gasteiger partial charge in [0, 0.05) is 17.0 Å². The van der Waals surface area contributed by atoms with Gasteiger partial charge in [0.1, 0.15) is 5.82 Å². The number of allylic oxidation sites excluding steroid dienone is 1. The third kappa shape index (κ3) is 2.87. The summed E-state index contributed by atoms with van der Waals surface area (Å²) in [6.07, 6.45) is 3.82. The van der Waals surface area contributed by atoms with Crippen LogP contribution in [0.15, 0.2) is 18.2 Å². The van der Waals surface area contributed by atoms with E-state index in [9.17, 15) is 13.2 Å². The lowest BCUT2D eigenvalue weighted by atomic mass is 10.2. The highest BCUT2D eigenvalue weighted by Gasteiger charge is 2.06. The van der Waals surface area contributed by atoms with Gasteiger partial charge in [0.15, 0.2) is 11.6 Å². The monoisotopic (exact) mass is 264 g/mol. The Morgan fingerprint density at radius 3 is 2.36 bits per heavy atom. The second-order valence-electron chi connectivity index (χ2n) is 2.67. The van der Waals surface area contributed by atoms with Crippen LogP contribution >= 0.6 is 15.9 Å². The maximum absolute atomic E-state index is 13.0.